The van der Waals surface area contributed by atoms with Gasteiger partial charge in [-0.1, -0.05) is 63.6 Å². The van der Waals surface area contributed by atoms with E-state index in [1.165, 1.54) is 19.1 Å². The third-order valence-electron chi connectivity index (χ3n) is 11.1. The Hall–Kier alpha value is -2.77. The summed E-state index contributed by atoms with van der Waals surface area (Å²) >= 11 is 0. The molecule has 16 nitrogen and oxygen atoms in total. The molecule has 2 aliphatic carbocycles. The minimum Gasteiger partial charge on any atom is -0.481 e. The average molecular weight is 755 g/mol. The normalized spacial score (nSPS) is 38.8. The van der Waals surface area contributed by atoms with Crippen LogP contribution in [-0.2, 0) is 38.0 Å². The van der Waals surface area contributed by atoms with E-state index in [2.05, 4.69) is 0 Å². The van der Waals surface area contributed by atoms with E-state index in [0.29, 0.717) is 6.42 Å². The Morgan fingerprint density at radius 2 is 1.53 bits per heavy atom. The van der Waals surface area contributed by atoms with Crippen molar-refractivity contribution in [3.8, 4) is 0 Å². The first-order valence-corrected chi connectivity index (χ1v) is 18.6. The number of aliphatic hydroxyl groups excluding tert-OH is 5. The number of ether oxygens (including phenoxy) is 6. The quantitative estimate of drug-likeness (QED) is 0.132. The SMILES string of the molecule is CCC1CC(C(=O)O)C[C@@H](O[C@@H]2OC(CO)[C@H](O)C(O[C@@H](CC3CCCCC3)C(=O)O)C2OC(=O)c2ccccc2)C1O[C@@H]1OC(C)[C@@H](O)C(O)C1O. The second-order valence-electron chi connectivity index (χ2n) is 14.8. The van der Waals surface area contributed by atoms with Crippen LogP contribution in [0.4, 0.5) is 0 Å². The van der Waals surface area contributed by atoms with Gasteiger partial charge in [0, 0.05) is 0 Å². The molecule has 2 aliphatic heterocycles. The van der Waals surface area contributed by atoms with Crippen LogP contribution in [0.25, 0.3) is 0 Å². The van der Waals surface area contributed by atoms with E-state index in [0.717, 1.165) is 32.1 Å². The van der Waals surface area contributed by atoms with Crippen molar-refractivity contribution in [1.29, 1.82) is 0 Å². The lowest BCUT2D eigenvalue weighted by Gasteiger charge is -2.48. The van der Waals surface area contributed by atoms with E-state index >= 15 is 0 Å². The fourth-order valence-electron chi connectivity index (χ4n) is 8.03. The van der Waals surface area contributed by atoms with E-state index in [1.807, 2.05) is 6.92 Å². The van der Waals surface area contributed by atoms with Crippen molar-refractivity contribution in [1.82, 2.24) is 0 Å². The maximum atomic E-state index is 13.6. The zero-order chi connectivity index (χ0) is 38.4. The lowest BCUT2D eigenvalue weighted by atomic mass is 9.76. The van der Waals surface area contributed by atoms with Gasteiger partial charge < -0.3 is 64.2 Å². The first-order valence-electron chi connectivity index (χ1n) is 18.6. The standard InChI is InChI=1S/C37H54O16/c1-3-20-15-22(33(43)44)16-23(30(20)53-36-29(42)28(41)26(39)18(2)48-36)50-37-32(52-35(47)21-12-8-5-9-13-21)31(27(40)25(17-38)51-37)49-24(34(45)46)14-19-10-6-4-7-11-19/h5,8-9,12-13,18-20,22-32,36-42H,3-4,6-7,10-11,14-17H2,1-2H3,(H,43,44)(H,45,46)/t18?,20?,22?,23-,24+,25?,26-,27+,28?,29?,30?,31?,32?,36+,37-/m1/s1. The van der Waals surface area contributed by atoms with Crippen LogP contribution in [-0.4, -0.2) is 140 Å². The predicted molar refractivity (Wildman–Crippen MR) is 181 cm³/mol. The van der Waals surface area contributed by atoms with Gasteiger partial charge in [-0.3, -0.25) is 4.79 Å². The van der Waals surface area contributed by atoms with Crippen LogP contribution in [0.15, 0.2) is 30.3 Å². The Kier molecular flexibility index (Phi) is 14.6. The van der Waals surface area contributed by atoms with E-state index in [-0.39, 0.29) is 30.7 Å². The molecule has 16 heteroatoms. The summed E-state index contributed by atoms with van der Waals surface area (Å²) in [5.74, 6) is -4.65. The van der Waals surface area contributed by atoms with Gasteiger partial charge in [-0.15, -0.1) is 0 Å². The van der Waals surface area contributed by atoms with Gasteiger partial charge in [0.05, 0.1) is 36.4 Å². The largest absolute Gasteiger partial charge is 0.481 e. The summed E-state index contributed by atoms with van der Waals surface area (Å²) < 4.78 is 36.5. The van der Waals surface area contributed by atoms with E-state index in [1.54, 1.807) is 18.2 Å². The van der Waals surface area contributed by atoms with Gasteiger partial charge >= 0.3 is 17.9 Å². The molecule has 2 saturated heterocycles. The van der Waals surface area contributed by atoms with Gasteiger partial charge in [-0.2, -0.15) is 0 Å². The molecule has 1 aromatic carbocycles. The number of aliphatic hydroxyl groups is 5. The maximum absolute atomic E-state index is 13.6. The van der Waals surface area contributed by atoms with Gasteiger partial charge in [0.1, 0.15) is 36.6 Å². The van der Waals surface area contributed by atoms with Crippen LogP contribution in [0.5, 0.6) is 0 Å². The third-order valence-corrected chi connectivity index (χ3v) is 11.1. The molecule has 15 atom stereocenters. The second kappa shape index (κ2) is 18.7. The molecule has 7 N–H and O–H groups in total. The molecule has 0 spiro atoms. The highest BCUT2D eigenvalue weighted by Crippen LogP contribution is 2.40. The number of benzene rings is 1. The maximum Gasteiger partial charge on any atom is 0.338 e. The number of hydrogen-bond acceptors (Lipinski definition) is 14. The molecular formula is C37H54O16. The topological polar surface area (TPSA) is 248 Å². The Bertz CT molecular complexity index is 1340. The molecule has 0 radical (unpaired) electrons. The molecule has 0 amide bonds. The molecule has 4 aliphatic rings. The van der Waals surface area contributed by atoms with Crippen LogP contribution < -0.4 is 0 Å². The molecule has 0 bridgehead atoms. The summed E-state index contributed by atoms with van der Waals surface area (Å²) in [5, 5.41) is 73.6. The van der Waals surface area contributed by atoms with Crippen molar-refractivity contribution in [3.05, 3.63) is 35.9 Å². The van der Waals surface area contributed by atoms with Crippen LogP contribution in [0.2, 0.25) is 0 Å². The van der Waals surface area contributed by atoms with Crippen LogP contribution in [0.1, 0.15) is 82.0 Å². The van der Waals surface area contributed by atoms with Crippen molar-refractivity contribution >= 4 is 17.9 Å². The van der Waals surface area contributed by atoms with Gasteiger partial charge in [0.15, 0.2) is 24.8 Å². The highest BCUT2D eigenvalue weighted by atomic mass is 16.7. The van der Waals surface area contributed by atoms with Crippen molar-refractivity contribution in [2.45, 2.75) is 151 Å². The Morgan fingerprint density at radius 3 is 2.15 bits per heavy atom. The molecule has 2 heterocycles. The average Bonchev–Trinajstić information content (AvgIpc) is 3.15. The van der Waals surface area contributed by atoms with Crippen molar-refractivity contribution in [2.24, 2.45) is 17.8 Å². The smallest absolute Gasteiger partial charge is 0.338 e. The number of carbonyl (C=O) groups is 3. The van der Waals surface area contributed by atoms with E-state index in [4.69, 9.17) is 28.4 Å². The Labute approximate surface area is 307 Å². The fourth-order valence-corrected chi connectivity index (χ4v) is 8.03. The van der Waals surface area contributed by atoms with Gasteiger partial charge in [-0.05, 0) is 50.2 Å². The second-order valence-corrected chi connectivity index (χ2v) is 14.8. The summed E-state index contributed by atoms with van der Waals surface area (Å²) in [7, 11) is 0. The molecule has 0 aromatic heterocycles. The van der Waals surface area contributed by atoms with Crippen LogP contribution in [0, 0.1) is 17.8 Å². The van der Waals surface area contributed by atoms with Crippen LogP contribution >= 0.6 is 0 Å². The van der Waals surface area contributed by atoms with Gasteiger partial charge in [0.2, 0.25) is 0 Å². The highest BCUT2D eigenvalue weighted by Gasteiger charge is 2.54. The predicted octanol–water partition coefficient (Wildman–Crippen LogP) is 1.22. The monoisotopic (exact) mass is 754 g/mol. The number of hydrogen-bond donors (Lipinski definition) is 7. The number of esters is 1. The third kappa shape index (κ3) is 9.92. The lowest BCUT2D eigenvalue weighted by molar-refractivity contribution is -0.349. The first-order chi connectivity index (χ1) is 25.3. The van der Waals surface area contributed by atoms with Crippen molar-refractivity contribution in [2.75, 3.05) is 6.61 Å². The van der Waals surface area contributed by atoms with E-state index in [9.17, 15) is 50.1 Å². The molecule has 1 aromatic rings. The summed E-state index contributed by atoms with van der Waals surface area (Å²) in [4.78, 5) is 38.5. The van der Waals surface area contributed by atoms with Crippen molar-refractivity contribution < 1.29 is 78.6 Å². The Balaban J connectivity index is 1.49. The molecule has 53 heavy (non-hydrogen) atoms. The summed E-state index contributed by atoms with van der Waals surface area (Å²) in [6.07, 6.45) is -13.5. The first kappa shape index (κ1) is 41.4. The summed E-state index contributed by atoms with van der Waals surface area (Å²) in [6, 6.07) is 7.89. The minimum atomic E-state index is -1.68. The lowest BCUT2D eigenvalue weighted by Crippen LogP contribution is -2.64. The molecule has 5 rings (SSSR count). The number of rotatable bonds is 14. The van der Waals surface area contributed by atoms with E-state index < -0.39 is 116 Å². The van der Waals surface area contributed by atoms with Crippen molar-refractivity contribution in [3.63, 3.8) is 0 Å². The molecule has 4 fully saturated rings. The summed E-state index contributed by atoms with van der Waals surface area (Å²) in [6.45, 7) is 2.54. The number of carboxylic acid groups (broad SMARTS) is 2. The summed E-state index contributed by atoms with van der Waals surface area (Å²) in [5.41, 5.74) is 0.120. The zero-order valence-electron chi connectivity index (χ0n) is 30.0. The minimum absolute atomic E-state index is 0.0478. The molecule has 298 valence electrons. The number of carboxylic acids is 2. The number of aliphatic carboxylic acids is 2. The molecule has 2 saturated carbocycles. The van der Waals surface area contributed by atoms with Crippen LogP contribution in [0.3, 0.4) is 0 Å². The Morgan fingerprint density at radius 1 is 0.830 bits per heavy atom. The molecular weight excluding hydrogens is 700 g/mol. The fraction of sp³-hybridized carbons (Fsp3) is 0.757. The number of carbonyl (C=O) groups excluding carboxylic acids is 1. The highest BCUT2D eigenvalue weighted by molar-refractivity contribution is 5.89. The van der Waals surface area contributed by atoms with Gasteiger partial charge in [-0.25, -0.2) is 9.59 Å². The zero-order valence-corrected chi connectivity index (χ0v) is 30.0. The molecule has 9 unspecified atom stereocenters. The van der Waals surface area contributed by atoms with Gasteiger partial charge in [0.25, 0.3) is 0 Å².